The van der Waals surface area contributed by atoms with Gasteiger partial charge in [0.25, 0.3) is 5.56 Å². The number of carbonyl (C=O) groups is 2. The van der Waals surface area contributed by atoms with Crippen LogP contribution in [0.5, 0.6) is 5.75 Å². The minimum Gasteiger partial charge on any atom is -0.488 e. The lowest BCUT2D eigenvalue weighted by molar-refractivity contribution is -0.136. The molecule has 1 aliphatic rings. The molecular formula is C37H32N2O6S. The summed E-state index contributed by atoms with van der Waals surface area (Å²) in [6, 6.07) is 27.7. The molecule has 232 valence electrons. The molecular weight excluding hydrogens is 600 g/mol. The normalized spacial score (nSPS) is 14.5. The van der Waals surface area contributed by atoms with Crippen molar-refractivity contribution in [2.24, 2.45) is 4.99 Å². The van der Waals surface area contributed by atoms with E-state index in [4.69, 9.17) is 19.2 Å². The predicted molar refractivity (Wildman–Crippen MR) is 178 cm³/mol. The Morgan fingerprint density at radius 1 is 0.913 bits per heavy atom. The third-order valence-corrected chi connectivity index (χ3v) is 8.81. The van der Waals surface area contributed by atoms with E-state index in [1.807, 2.05) is 91.9 Å². The van der Waals surface area contributed by atoms with E-state index in [9.17, 15) is 14.4 Å². The van der Waals surface area contributed by atoms with Crippen molar-refractivity contribution in [1.29, 1.82) is 0 Å². The van der Waals surface area contributed by atoms with E-state index in [1.165, 1.54) is 18.4 Å². The van der Waals surface area contributed by atoms with Gasteiger partial charge in [0.05, 0.1) is 41.1 Å². The summed E-state index contributed by atoms with van der Waals surface area (Å²) < 4.78 is 18.6. The summed E-state index contributed by atoms with van der Waals surface area (Å²) in [5, 5.41) is 1.92. The number of methoxy groups -OCH3 is 1. The second-order valence-corrected chi connectivity index (χ2v) is 11.6. The molecule has 5 aromatic rings. The maximum absolute atomic E-state index is 14.2. The molecule has 0 amide bonds. The monoisotopic (exact) mass is 632 g/mol. The minimum absolute atomic E-state index is 0.250. The molecule has 0 saturated carbocycles. The van der Waals surface area contributed by atoms with Crippen LogP contribution in [0.1, 0.15) is 53.4 Å². The molecule has 0 saturated heterocycles. The largest absolute Gasteiger partial charge is 0.488 e. The highest BCUT2D eigenvalue weighted by Crippen LogP contribution is 2.32. The molecule has 1 aromatic heterocycles. The van der Waals surface area contributed by atoms with Crippen LogP contribution in [-0.4, -0.2) is 30.2 Å². The van der Waals surface area contributed by atoms with Crippen molar-refractivity contribution in [1.82, 2.24) is 4.57 Å². The first-order valence-electron chi connectivity index (χ1n) is 15.0. The molecule has 1 aliphatic heterocycles. The first kappa shape index (κ1) is 30.7. The zero-order valence-electron chi connectivity index (χ0n) is 25.7. The van der Waals surface area contributed by atoms with Crippen LogP contribution in [0.2, 0.25) is 0 Å². The molecule has 0 bridgehead atoms. The Bertz CT molecular complexity index is 2150. The number of hydrogen-bond donors (Lipinski definition) is 0. The molecule has 9 heteroatoms. The van der Waals surface area contributed by atoms with Crippen LogP contribution in [0, 0.1) is 0 Å². The maximum Gasteiger partial charge on any atom is 0.338 e. The summed E-state index contributed by atoms with van der Waals surface area (Å²) in [6.45, 7) is 4.27. The van der Waals surface area contributed by atoms with Crippen LogP contribution in [0.3, 0.4) is 0 Å². The highest BCUT2D eigenvalue weighted by atomic mass is 32.1. The Labute approximate surface area is 269 Å². The lowest BCUT2D eigenvalue weighted by Crippen LogP contribution is -2.40. The van der Waals surface area contributed by atoms with Crippen molar-refractivity contribution in [2.45, 2.75) is 32.9 Å². The summed E-state index contributed by atoms with van der Waals surface area (Å²) in [6.07, 6.45) is 2.35. The molecule has 0 N–H and O–H groups in total. The number of benzene rings is 4. The molecule has 4 aromatic carbocycles. The number of rotatable bonds is 9. The van der Waals surface area contributed by atoms with Gasteiger partial charge in [-0.1, -0.05) is 91.1 Å². The third-order valence-electron chi connectivity index (χ3n) is 7.83. The first-order valence-corrected chi connectivity index (χ1v) is 15.8. The van der Waals surface area contributed by atoms with E-state index in [-0.39, 0.29) is 18.1 Å². The average molecular weight is 633 g/mol. The number of ether oxygens (including phenoxy) is 3. The van der Waals surface area contributed by atoms with Gasteiger partial charge in [-0.15, -0.1) is 0 Å². The molecule has 6 rings (SSSR count). The van der Waals surface area contributed by atoms with E-state index in [2.05, 4.69) is 0 Å². The van der Waals surface area contributed by atoms with Crippen molar-refractivity contribution >= 4 is 40.1 Å². The summed E-state index contributed by atoms with van der Waals surface area (Å²) in [4.78, 5) is 44.7. The fourth-order valence-corrected chi connectivity index (χ4v) is 6.61. The molecule has 1 atom stereocenters. The molecule has 8 nitrogen and oxygen atoms in total. The lowest BCUT2D eigenvalue weighted by atomic mass is 9.95. The van der Waals surface area contributed by atoms with E-state index >= 15 is 0 Å². The second-order valence-electron chi connectivity index (χ2n) is 10.6. The zero-order valence-corrected chi connectivity index (χ0v) is 26.5. The number of carbonyl (C=O) groups excluding carboxylic acids is 2. The van der Waals surface area contributed by atoms with Gasteiger partial charge in [-0.05, 0) is 59.5 Å². The molecule has 0 fully saturated rings. The summed E-state index contributed by atoms with van der Waals surface area (Å²) in [7, 11) is 1.34. The Kier molecular flexibility index (Phi) is 8.94. The second kappa shape index (κ2) is 13.4. The highest BCUT2D eigenvalue weighted by Gasteiger charge is 2.33. The van der Waals surface area contributed by atoms with Crippen LogP contribution in [0.25, 0.3) is 16.8 Å². The topological polar surface area (TPSA) is 96.2 Å². The smallest absolute Gasteiger partial charge is 0.338 e. The molecule has 2 heterocycles. The minimum atomic E-state index is -0.678. The van der Waals surface area contributed by atoms with E-state index < -0.39 is 12.0 Å². The van der Waals surface area contributed by atoms with Crippen molar-refractivity contribution in [3.8, 4) is 5.75 Å². The molecule has 0 aliphatic carbocycles. The Morgan fingerprint density at radius 2 is 1.65 bits per heavy atom. The fraction of sp³-hybridized carbons (Fsp3) is 0.189. The number of allylic oxidation sites excluding steroid dienone is 1. The van der Waals surface area contributed by atoms with Gasteiger partial charge in [0.2, 0.25) is 0 Å². The molecule has 0 spiro atoms. The zero-order chi connectivity index (χ0) is 32.2. The van der Waals surface area contributed by atoms with Gasteiger partial charge >= 0.3 is 11.9 Å². The summed E-state index contributed by atoms with van der Waals surface area (Å²) >= 11 is 1.28. The SMILES string of the molecule is CCOC(=O)c1ccc(COc2ccc3ccccc3c2/C=c2/sc3n(c2=O)[C@@H](c2ccccc2)C(C(=O)OC)=C(CC)N=3)cc1. The molecule has 0 unspecified atom stereocenters. The van der Waals surface area contributed by atoms with Gasteiger partial charge in [-0.2, -0.15) is 0 Å². The fourth-order valence-electron chi connectivity index (χ4n) is 5.61. The van der Waals surface area contributed by atoms with Gasteiger partial charge in [0, 0.05) is 5.56 Å². The highest BCUT2D eigenvalue weighted by molar-refractivity contribution is 7.07. The number of esters is 2. The molecule has 46 heavy (non-hydrogen) atoms. The van der Waals surface area contributed by atoms with Crippen LogP contribution >= 0.6 is 11.3 Å². The Morgan fingerprint density at radius 3 is 2.37 bits per heavy atom. The van der Waals surface area contributed by atoms with E-state index in [0.29, 0.717) is 44.9 Å². The quantitative estimate of drug-likeness (QED) is 0.193. The van der Waals surface area contributed by atoms with E-state index in [0.717, 1.165) is 27.5 Å². The van der Waals surface area contributed by atoms with Gasteiger partial charge < -0.3 is 14.2 Å². The Balaban J connectivity index is 1.46. The summed E-state index contributed by atoms with van der Waals surface area (Å²) in [5.41, 5.74) is 3.59. The number of aromatic nitrogens is 1. The molecule has 0 radical (unpaired) electrons. The predicted octanol–water partition coefficient (Wildman–Crippen LogP) is 5.71. The summed E-state index contributed by atoms with van der Waals surface area (Å²) in [5.74, 6) is -0.278. The lowest BCUT2D eigenvalue weighted by Gasteiger charge is -2.25. The van der Waals surface area contributed by atoms with Gasteiger partial charge in [0.15, 0.2) is 4.80 Å². The third kappa shape index (κ3) is 5.89. The van der Waals surface area contributed by atoms with E-state index in [1.54, 1.807) is 23.6 Å². The van der Waals surface area contributed by atoms with Crippen molar-refractivity contribution in [2.75, 3.05) is 13.7 Å². The van der Waals surface area contributed by atoms with Crippen LogP contribution < -0.4 is 19.6 Å². The number of nitrogens with zero attached hydrogens (tertiary/aromatic N) is 2. The Hall–Kier alpha value is -5.28. The van der Waals surface area contributed by atoms with Gasteiger partial charge in [0.1, 0.15) is 12.4 Å². The number of fused-ring (bicyclic) bond motifs is 2. The maximum atomic E-state index is 14.2. The van der Waals surface area contributed by atoms with Crippen molar-refractivity contribution < 1.29 is 23.8 Å². The van der Waals surface area contributed by atoms with Crippen LogP contribution in [0.15, 0.2) is 112 Å². The first-order chi connectivity index (χ1) is 22.4. The van der Waals surface area contributed by atoms with Crippen LogP contribution in [0.4, 0.5) is 0 Å². The average Bonchev–Trinajstić information content (AvgIpc) is 3.41. The van der Waals surface area contributed by atoms with Gasteiger partial charge in [-0.3, -0.25) is 9.36 Å². The standard InChI is InChI=1S/C37H32N2O6S/c1-4-29-32(36(42)43-3)33(25-12-7-6-8-13-25)39-34(40)31(46-37(39)38-29)21-28-27-14-10-9-11-24(27)19-20-30(28)45-22-23-15-17-26(18-16-23)35(41)44-5-2/h6-21,33H,4-5,22H2,1-3H3/b31-21+/t33-/m0/s1. The van der Waals surface area contributed by atoms with Crippen molar-refractivity contribution in [3.63, 3.8) is 0 Å². The number of thiazole rings is 1. The number of hydrogen-bond acceptors (Lipinski definition) is 8. The van der Waals surface area contributed by atoms with Crippen LogP contribution in [-0.2, 0) is 20.9 Å². The van der Waals surface area contributed by atoms with Gasteiger partial charge in [-0.25, -0.2) is 14.6 Å². The van der Waals surface area contributed by atoms with Crippen molar-refractivity contribution in [3.05, 3.63) is 144 Å².